The van der Waals surface area contributed by atoms with Crippen LogP contribution >= 0.6 is 0 Å². The summed E-state index contributed by atoms with van der Waals surface area (Å²) in [7, 11) is 6.12. The molecule has 0 atom stereocenters. The first-order valence-corrected chi connectivity index (χ1v) is 13.4. The Morgan fingerprint density at radius 3 is 2.49 bits per heavy atom. The van der Waals surface area contributed by atoms with Gasteiger partial charge >= 0.3 is 0 Å². The molecule has 0 unspecified atom stereocenters. The number of benzene rings is 1. The average Bonchev–Trinajstić information content (AvgIpc) is 3.66. The zero-order chi connectivity index (χ0) is 27.1. The van der Waals surface area contributed by atoms with Crippen LogP contribution in [0.4, 0.5) is 11.6 Å². The molecule has 200 valence electrons. The molecule has 0 aliphatic heterocycles. The van der Waals surface area contributed by atoms with Gasteiger partial charge < -0.3 is 10.2 Å². The van der Waals surface area contributed by atoms with Crippen molar-refractivity contribution in [3.8, 4) is 33.6 Å². The van der Waals surface area contributed by atoms with Crippen LogP contribution in [0, 0.1) is 0 Å². The van der Waals surface area contributed by atoms with Crippen LogP contribution in [-0.4, -0.2) is 64.8 Å². The number of fused-ring (bicyclic) bond motifs is 3. The second-order valence-corrected chi connectivity index (χ2v) is 10.7. The third kappa shape index (κ3) is 4.95. The van der Waals surface area contributed by atoms with E-state index in [4.69, 9.17) is 10.1 Å². The Kier molecular flexibility index (Phi) is 6.48. The number of nitrogens with zero attached hydrogens (tertiary/aromatic N) is 9. The number of anilines is 2. The summed E-state index contributed by atoms with van der Waals surface area (Å²) in [5.41, 5.74) is 9.54. The fraction of sp³-hybridized carbons (Fsp3) is 0.345. The van der Waals surface area contributed by atoms with Crippen molar-refractivity contribution in [2.24, 2.45) is 7.05 Å². The predicted molar refractivity (Wildman–Crippen MR) is 153 cm³/mol. The fourth-order valence-electron chi connectivity index (χ4n) is 5.03. The standard InChI is InChI=1S/C29H34N10/c1-19(2)39-17-23(15-32-39)20-6-8-21(9-7-20)28-26-25(35-37(28)5)11-10-22-14-30-29(34-27(22)26)33-24-16-31-38(18-24)13-12-36(3)4/h6-9,14-19H,10-13H2,1-5H3,(H,30,33,34). The maximum absolute atomic E-state index is 4.99. The quantitative estimate of drug-likeness (QED) is 0.319. The van der Waals surface area contributed by atoms with Crippen LogP contribution in [0.2, 0.25) is 0 Å². The molecule has 10 nitrogen and oxygen atoms in total. The molecule has 5 aromatic rings. The van der Waals surface area contributed by atoms with Crippen LogP contribution in [0.5, 0.6) is 0 Å². The number of likely N-dealkylation sites (N-methyl/N-ethyl adjacent to an activating group) is 1. The summed E-state index contributed by atoms with van der Waals surface area (Å²) in [6.07, 6.45) is 11.5. The first-order valence-electron chi connectivity index (χ1n) is 13.4. The van der Waals surface area contributed by atoms with E-state index in [9.17, 15) is 0 Å². The van der Waals surface area contributed by atoms with Crippen LogP contribution in [0.1, 0.15) is 31.1 Å². The summed E-state index contributed by atoms with van der Waals surface area (Å²) >= 11 is 0. The van der Waals surface area contributed by atoms with Crippen molar-refractivity contribution in [2.75, 3.05) is 26.0 Å². The van der Waals surface area contributed by atoms with E-state index in [1.807, 2.05) is 45.9 Å². The molecule has 0 saturated heterocycles. The van der Waals surface area contributed by atoms with E-state index in [1.165, 1.54) is 0 Å². The molecule has 10 heteroatoms. The third-order valence-electron chi connectivity index (χ3n) is 7.14. The average molecular weight is 523 g/mol. The molecular formula is C29H34N10. The molecule has 0 saturated carbocycles. The van der Waals surface area contributed by atoms with Gasteiger partial charge in [0.2, 0.25) is 5.95 Å². The second-order valence-electron chi connectivity index (χ2n) is 10.7. The van der Waals surface area contributed by atoms with E-state index in [1.54, 1.807) is 0 Å². The second kappa shape index (κ2) is 10.1. The van der Waals surface area contributed by atoms with Gasteiger partial charge in [0.15, 0.2) is 0 Å². The lowest BCUT2D eigenvalue weighted by Gasteiger charge is -2.17. The summed E-state index contributed by atoms with van der Waals surface area (Å²) in [4.78, 5) is 11.7. The normalized spacial score (nSPS) is 12.7. The maximum atomic E-state index is 4.99. The molecule has 0 spiro atoms. The molecule has 0 amide bonds. The number of aryl methyl sites for hydroxylation is 3. The van der Waals surface area contributed by atoms with Gasteiger partial charge in [-0.1, -0.05) is 24.3 Å². The monoisotopic (exact) mass is 522 g/mol. The van der Waals surface area contributed by atoms with E-state index < -0.39 is 0 Å². The van der Waals surface area contributed by atoms with Crippen molar-refractivity contribution in [3.63, 3.8) is 0 Å². The Morgan fingerprint density at radius 1 is 0.949 bits per heavy atom. The van der Waals surface area contributed by atoms with E-state index in [0.29, 0.717) is 12.0 Å². The van der Waals surface area contributed by atoms with E-state index in [-0.39, 0.29) is 0 Å². The number of rotatable bonds is 8. The minimum atomic E-state index is 0.333. The molecule has 1 aliphatic rings. The highest BCUT2D eigenvalue weighted by Gasteiger charge is 2.27. The fourth-order valence-corrected chi connectivity index (χ4v) is 5.03. The first-order chi connectivity index (χ1) is 18.9. The summed E-state index contributed by atoms with van der Waals surface area (Å²) in [5.74, 6) is 0.557. The SMILES string of the molecule is CC(C)n1cc(-c2ccc(-c3c4c(nn3C)CCc3cnc(Nc5cnn(CCN(C)C)c5)nc3-4)cc2)cn1. The van der Waals surface area contributed by atoms with Crippen LogP contribution in [-0.2, 0) is 26.4 Å². The Balaban J connectivity index is 1.30. The highest BCUT2D eigenvalue weighted by atomic mass is 15.3. The Morgan fingerprint density at radius 2 is 1.74 bits per heavy atom. The van der Waals surface area contributed by atoms with Crippen LogP contribution in [0.3, 0.4) is 0 Å². The van der Waals surface area contributed by atoms with E-state index in [0.717, 1.165) is 76.5 Å². The van der Waals surface area contributed by atoms with Crippen LogP contribution in [0.25, 0.3) is 33.6 Å². The van der Waals surface area contributed by atoms with Crippen molar-refractivity contribution in [2.45, 2.75) is 39.3 Å². The van der Waals surface area contributed by atoms with Gasteiger partial charge in [-0.25, -0.2) is 9.97 Å². The Labute approximate surface area is 228 Å². The lowest BCUT2D eigenvalue weighted by atomic mass is 9.91. The molecule has 1 N–H and O–H groups in total. The molecule has 1 aromatic carbocycles. The van der Waals surface area contributed by atoms with Crippen molar-refractivity contribution in [3.05, 3.63) is 66.5 Å². The molecular weight excluding hydrogens is 488 g/mol. The molecule has 39 heavy (non-hydrogen) atoms. The van der Waals surface area contributed by atoms with Crippen LogP contribution in [0.15, 0.2) is 55.2 Å². The lowest BCUT2D eigenvalue weighted by molar-refractivity contribution is 0.373. The number of nitrogens with one attached hydrogen (secondary N) is 1. The summed E-state index contributed by atoms with van der Waals surface area (Å²) in [5, 5.41) is 17.2. The van der Waals surface area contributed by atoms with Crippen molar-refractivity contribution >= 4 is 11.6 Å². The molecule has 4 aromatic heterocycles. The summed E-state index contributed by atoms with van der Waals surface area (Å²) in [6.45, 7) is 6.01. The highest BCUT2D eigenvalue weighted by Crippen LogP contribution is 2.40. The van der Waals surface area contributed by atoms with Crippen molar-refractivity contribution in [1.82, 2.24) is 44.2 Å². The zero-order valence-electron chi connectivity index (χ0n) is 23.1. The minimum Gasteiger partial charge on any atom is -0.321 e. The van der Waals surface area contributed by atoms with Gasteiger partial charge in [-0.15, -0.1) is 0 Å². The predicted octanol–water partition coefficient (Wildman–Crippen LogP) is 4.59. The van der Waals surface area contributed by atoms with Gasteiger partial charge in [-0.2, -0.15) is 15.3 Å². The van der Waals surface area contributed by atoms with Crippen molar-refractivity contribution in [1.29, 1.82) is 0 Å². The largest absolute Gasteiger partial charge is 0.321 e. The van der Waals surface area contributed by atoms with E-state index >= 15 is 0 Å². The summed E-state index contributed by atoms with van der Waals surface area (Å²) < 4.78 is 5.89. The van der Waals surface area contributed by atoms with Gasteiger partial charge in [0.25, 0.3) is 0 Å². The highest BCUT2D eigenvalue weighted by molar-refractivity contribution is 5.85. The molecule has 0 radical (unpaired) electrons. The molecule has 4 heterocycles. The summed E-state index contributed by atoms with van der Waals surface area (Å²) in [6, 6.07) is 8.97. The lowest BCUT2D eigenvalue weighted by Crippen LogP contribution is -2.18. The number of hydrogen-bond donors (Lipinski definition) is 1. The van der Waals surface area contributed by atoms with Gasteiger partial charge in [-0.3, -0.25) is 14.0 Å². The third-order valence-corrected chi connectivity index (χ3v) is 7.14. The molecule has 0 fully saturated rings. The number of hydrogen-bond acceptors (Lipinski definition) is 7. The van der Waals surface area contributed by atoms with Gasteiger partial charge in [0, 0.05) is 54.9 Å². The molecule has 6 rings (SSSR count). The topological polar surface area (TPSA) is 94.5 Å². The minimum absolute atomic E-state index is 0.333. The maximum Gasteiger partial charge on any atom is 0.227 e. The number of aromatic nitrogens is 8. The Hall–Kier alpha value is -4.31. The first kappa shape index (κ1) is 25.0. The Bertz CT molecular complexity index is 1600. The van der Waals surface area contributed by atoms with Gasteiger partial charge in [0.1, 0.15) is 0 Å². The zero-order valence-corrected chi connectivity index (χ0v) is 23.1. The van der Waals surface area contributed by atoms with E-state index in [2.05, 4.69) is 83.8 Å². The molecule has 0 bridgehead atoms. The van der Waals surface area contributed by atoms with Gasteiger partial charge in [0.05, 0.1) is 41.7 Å². The van der Waals surface area contributed by atoms with Crippen molar-refractivity contribution < 1.29 is 0 Å². The van der Waals surface area contributed by atoms with Crippen LogP contribution < -0.4 is 5.32 Å². The molecule has 1 aliphatic carbocycles. The van der Waals surface area contributed by atoms with Gasteiger partial charge in [-0.05, 0) is 51.9 Å². The smallest absolute Gasteiger partial charge is 0.227 e.